The fraction of sp³-hybridized carbons (Fsp3) is 0.692. The van der Waals surface area contributed by atoms with Crippen molar-refractivity contribution in [2.45, 2.75) is 25.2 Å². The van der Waals surface area contributed by atoms with Crippen molar-refractivity contribution in [2.75, 3.05) is 32.7 Å². The second-order valence-electron chi connectivity index (χ2n) is 5.37. The zero-order valence-electron chi connectivity index (χ0n) is 11.7. The van der Waals surface area contributed by atoms with Gasteiger partial charge in [0.25, 0.3) is 0 Å². The Morgan fingerprint density at radius 1 is 1.29 bits per heavy atom. The maximum absolute atomic E-state index is 12.4. The van der Waals surface area contributed by atoms with Gasteiger partial charge in [0.2, 0.25) is 0 Å². The van der Waals surface area contributed by atoms with Crippen molar-refractivity contribution >= 4 is 27.3 Å². The van der Waals surface area contributed by atoms with E-state index in [1.54, 1.807) is 11.3 Å². The molecule has 1 aliphatic heterocycles. The Hall–Kier alpha value is -0.150. The highest BCUT2D eigenvalue weighted by atomic mass is 79.9. The summed E-state index contributed by atoms with van der Waals surface area (Å²) in [5.41, 5.74) is 6.10. The third kappa shape index (κ3) is 4.92. The average Bonchev–Trinajstić information content (AvgIpc) is 2.76. The Labute approximate surface area is 135 Å². The minimum Gasteiger partial charge on any atom is -0.326 e. The highest BCUT2D eigenvalue weighted by molar-refractivity contribution is 9.11. The Morgan fingerprint density at radius 3 is 2.33 bits per heavy atom. The van der Waals surface area contributed by atoms with E-state index in [1.807, 2.05) is 19.1 Å². The summed E-state index contributed by atoms with van der Waals surface area (Å²) in [6, 6.07) is 4.01. The van der Waals surface area contributed by atoms with Crippen molar-refractivity contribution in [1.82, 2.24) is 9.80 Å². The predicted molar refractivity (Wildman–Crippen MR) is 82.5 cm³/mol. The Morgan fingerprint density at radius 2 is 1.90 bits per heavy atom. The van der Waals surface area contributed by atoms with Crippen LogP contribution in [0.3, 0.4) is 0 Å². The lowest BCUT2D eigenvalue weighted by atomic mass is 10.1. The van der Waals surface area contributed by atoms with Crippen LogP contribution in [0, 0.1) is 0 Å². The fourth-order valence-electron chi connectivity index (χ4n) is 2.71. The maximum Gasteiger partial charge on any atom is 0.401 e. The molecule has 2 N–H and O–H groups in total. The molecule has 0 bridgehead atoms. The van der Waals surface area contributed by atoms with Crippen LogP contribution in [0.15, 0.2) is 15.9 Å². The molecule has 2 heterocycles. The summed E-state index contributed by atoms with van der Waals surface area (Å²) in [7, 11) is 0. The molecule has 1 aliphatic rings. The zero-order chi connectivity index (χ0) is 15.6. The highest BCUT2D eigenvalue weighted by Crippen LogP contribution is 2.33. The molecule has 2 atom stereocenters. The first-order valence-electron chi connectivity index (χ1n) is 6.80. The van der Waals surface area contributed by atoms with Gasteiger partial charge >= 0.3 is 6.18 Å². The van der Waals surface area contributed by atoms with Gasteiger partial charge in [-0.15, -0.1) is 11.3 Å². The Bertz CT molecular complexity index is 456. The second-order valence-corrected chi connectivity index (χ2v) is 7.87. The van der Waals surface area contributed by atoms with E-state index in [9.17, 15) is 13.2 Å². The average molecular weight is 386 g/mol. The molecule has 0 aliphatic carbocycles. The SMILES string of the molecule is CC(N)C(c1ccc(Br)s1)N1CCN(CC(F)(F)F)CC1. The second kappa shape index (κ2) is 6.95. The van der Waals surface area contributed by atoms with Crippen molar-refractivity contribution in [3.63, 3.8) is 0 Å². The molecule has 1 saturated heterocycles. The van der Waals surface area contributed by atoms with Crippen molar-refractivity contribution in [1.29, 1.82) is 0 Å². The van der Waals surface area contributed by atoms with Crippen LogP contribution in [-0.4, -0.2) is 54.7 Å². The largest absolute Gasteiger partial charge is 0.401 e. The number of nitrogens with two attached hydrogens (primary N) is 1. The number of hydrogen-bond donors (Lipinski definition) is 1. The summed E-state index contributed by atoms with van der Waals surface area (Å²) >= 11 is 5.07. The monoisotopic (exact) mass is 385 g/mol. The van der Waals surface area contributed by atoms with Crippen molar-refractivity contribution in [3.8, 4) is 0 Å². The van der Waals surface area contributed by atoms with Gasteiger partial charge in [0.15, 0.2) is 0 Å². The lowest BCUT2D eigenvalue weighted by Crippen LogP contribution is -2.52. The quantitative estimate of drug-likeness (QED) is 0.864. The third-order valence-corrected chi connectivity index (χ3v) is 5.28. The molecule has 0 amide bonds. The van der Waals surface area contributed by atoms with E-state index in [2.05, 4.69) is 20.8 Å². The van der Waals surface area contributed by atoms with Crippen LogP contribution in [0.5, 0.6) is 0 Å². The summed E-state index contributed by atoms with van der Waals surface area (Å²) in [5, 5.41) is 0. The van der Waals surface area contributed by atoms with Crippen LogP contribution in [0.2, 0.25) is 0 Å². The summed E-state index contributed by atoms with van der Waals surface area (Å²) in [4.78, 5) is 4.80. The molecule has 2 rings (SSSR count). The highest BCUT2D eigenvalue weighted by Gasteiger charge is 2.34. The number of hydrogen-bond acceptors (Lipinski definition) is 4. The number of rotatable bonds is 4. The first-order valence-corrected chi connectivity index (χ1v) is 8.41. The number of piperazine rings is 1. The van der Waals surface area contributed by atoms with Crippen LogP contribution in [0.1, 0.15) is 17.8 Å². The van der Waals surface area contributed by atoms with Gasteiger partial charge in [0, 0.05) is 37.1 Å². The summed E-state index contributed by atoms with van der Waals surface area (Å²) in [6.45, 7) is 3.19. The lowest BCUT2D eigenvalue weighted by Gasteiger charge is -2.40. The molecule has 1 aromatic rings. The molecule has 0 aromatic carbocycles. The minimum atomic E-state index is -4.12. The van der Waals surface area contributed by atoms with Crippen LogP contribution in [0.25, 0.3) is 0 Å². The van der Waals surface area contributed by atoms with E-state index in [4.69, 9.17) is 5.73 Å². The van der Waals surface area contributed by atoms with E-state index >= 15 is 0 Å². The van der Waals surface area contributed by atoms with Crippen LogP contribution in [-0.2, 0) is 0 Å². The van der Waals surface area contributed by atoms with Gasteiger partial charge in [-0.2, -0.15) is 13.2 Å². The molecule has 0 radical (unpaired) electrons. The van der Waals surface area contributed by atoms with Gasteiger partial charge in [0.1, 0.15) is 0 Å². The number of thiophene rings is 1. The number of alkyl halides is 3. The Balaban J connectivity index is 1.98. The fourth-order valence-corrected chi connectivity index (χ4v) is 4.39. The summed E-state index contributed by atoms with van der Waals surface area (Å²) < 4.78 is 38.3. The van der Waals surface area contributed by atoms with E-state index < -0.39 is 12.7 Å². The molecule has 21 heavy (non-hydrogen) atoms. The molecule has 0 spiro atoms. The number of halogens is 4. The van der Waals surface area contributed by atoms with E-state index in [-0.39, 0.29) is 12.1 Å². The molecular formula is C13H19BrF3N3S. The van der Waals surface area contributed by atoms with E-state index in [0.29, 0.717) is 26.2 Å². The molecule has 1 aromatic heterocycles. The molecular weight excluding hydrogens is 367 g/mol. The van der Waals surface area contributed by atoms with Crippen LogP contribution >= 0.6 is 27.3 Å². The van der Waals surface area contributed by atoms with Gasteiger partial charge in [-0.1, -0.05) is 0 Å². The topological polar surface area (TPSA) is 32.5 Å². The Kier molecular flexibility index (Phi) is 5.70. The van der Waals surface area contributed by atoms with Gasteiger partial charge < -0.3 is 5.73 Å². The summed E-state index contributed by atoms with van der Waals surface area (Å²) in [6.07, 6.45) is -4.12. The smallest absolute Gasteiger partial charge is 0.326 e. The van der Waals surface area contributed by atoms with Crippen molar-refractivity contribution < 1.29 is 13.2 Å². The normalized spacial score (nSPS) is 21.4. The first-order chi connectivity index (χ1) is 9.76. The molecule has 1 fully saturated rings. The number of nitrogens with zero attached hydrogens (tertiary/aromatic N) is 2. The molecule has 0 saturated carbocycles. The third-order valence-electron chi connectivity index (χ3n) is 3.59. The van der Waals surface area contributed by atoms with Crippen LogP contribution in [0.4, 0.5) is 13.2 Å². The van der Waals surface area contributed by atoms with Gasteiger partial charge in [-0.25, -0.2) is 0 Å². The summed E-state index contributed by atoms with van der Waals surface area (Å²) in [5.74, 6) is 0. The first kappa shape index (κ1) is 17.2. The minimum absolute atomic E-state index is 0.0642. The maximum atomic E-state index is 12.4. The standard InChI is InChI=1S/C13H19BrF3N3S/c1-9(18)12(10-2-3-11(14)21-10)20-6-4-19(5-7-20)8-13(15,16)17/h2-3,9,12H,4-8,18H2,1H3. The molecule has 3 nitrogen and oxygen atoms in total. The van der Waals surface area contributed by atoms with Crippen molar-refractivity contribution in [2.24, 2.45) is 5.73 Å². The van der Waals surface area contributed by atoms with Crippen molar-refractivity contribution in [3.05, 3.63) is 20.8 Å². The lowest BCUT2D eigenvalue weighted by molar-refractivity contribution is -0.150. The van der Waals surface area contributed by atoms with Gasteiger partial charge in [0.05, 0.1) is 16.4 Å². The predicted octanol–water partition coefficient (Wildman–Crippen LogP) is 3.08. The molecule has 8 heteroatoms. The molecule has 2 unspecified atom stereocenters. The van der Waals surface area contributed by atoms with Gasteiger partial charge in [-0.05, 0) is 35.0 Å². The van der Waals surface area contributed by atoms with Gasteiger partial charge in [-0.3, -0.25) is 9.80 Å². The van der Waals surface area contributed by atoms with E-state index in [0.717, 1.165) is 8.66 Å². The molecule has 120 valence electrons. The van der Waals surface area contributed by atoms with Crippen LogP contribution < -0.4 is 5.73 Å². The zero-order valence-corrected chi connectivity index (χ0v) is 14.1. The van der Waals surface area contributed by atoms with E-state index in [1.165, 1.54) is 4.90 Å².